The van der Waals surface area contributed by atoms with Gasteiger partial charge in [0.1, 0.15) is 0 Å². The van der Waals surface area contributed by atoms with Crippen molar-refractivity contribution in [3.05, 3.63) is 11.6 Å². The zero-order valence-electron chi connectivity index (χ0n) is 5.89. The highest BCUT2D eigenvalue weighted by Crippen LogP contribution is 2.36. The molecule has 48 valence electrons. The molecular formula is C8H11N. The molecule has 2 atom stereocenters. The largest absolute Gasteiger partial charge is 0.285 e. The van der Waals surface area contributed by atoms with Crippen LogP contribution in [0, 0.1) is 11.8 Å². The Balaban J connectivity index is 2.12. The van der Waals surface area contributed by atoms with Gasteiger partial charge in [-0.3, -0.25) is 4.99 Å². The van der Waals surface area contributed by atoms with E-state index < -0.39 is 0 Å². The first kappa shape index (κ1) is 5.21. The van der Waals surface area contributed by atoms with Gasteiger partial charge < -0.3 is 0 Å². The van der Waals surface area contributed by atoms with Crippen LogP contribution in [0.5, 0.6) is 0 Å². The van der Waals surface area contributed by atoms with Gasteiger partial charge in [-0.15, -0.1) is 0 Å². The van der Waals surface area contributed by atoms with Crippen LogP contribution in [0.4, 0.5) is 0 Å². The van der Waals surface area contributed by atoms with Crippen molar-refractivity contribution in [2.75, 3.05) is 6.54 Å². The van der Waals surface area contributed by atoms with Gasteiger partial charge in [0.15, 0.2) is 0 Å². The van der Waals surface area contributed by atoms with E-state index in [2.05, 4.69) is 24.9 Å². The maximum absolute atomic E-state index is 4.18. The highest BCUT2D eigenvalue weighted by Gasteiger charge is 2.33. The molecule has 0 saturated carbocycles. The summed E-state index contributed by atoms with van der Waals surface area (Å²) in [4.78, 5) is 4.18. The SMILES string of the molecule is CC1=CC(C2=NC2)C1C. The summed E-state index contributed by atoms with van der Waals surface area (Å²) < 4.78 is 0. The van der Waals surface area contributed by atoms with Gasteiger partial charge >= 0.3 is 0 Å². The van der Waals surface area contributed by atoms with Crippen LogP contribution < -0.4 is 0 Å². The van der Waals surface area contributed by atoms with E-state index >= 15 is 0 Å². The minimum atomic E-state index is 0.727. The summed E-state index contributed by atoms with van der Waals surface area (Å²) in [5.74, 6) is 1.51. The number of hydrogen-bond acceptors (Lipinski definition) is 1. The van der Waals surface area contributed by atoms with Crippen molar-refractivity contribution in [1.82, 2.24) is 0 Å². The fraction of sp³-hybridized carbons (Fsp3) is 0.625. The topological polar surface area (TPSA) is 12.4 Å². The Morgan fingerprint density at radius 1 is 1.67 bits per heavy atom. The minimum Gasteiger partial charge on any atom is -0.285 e. The second-order valence-corrected chi connectivity index (χ2v) is 3.03. The normalized spacial score (nSPS) is 38.9. The summed E-state index contributed by atoms with van der Waals surface area (Å²) in [6.07, 6.45) is 2.33. The van der Waals surface area contributed by atoms with E-state index in [1.165, 1.54) is 11.3 Å². The number of hydrogen-bond donors (Lipinski definition) is 0. The van der Waals surface area contributed by atoms with Gasteiger partial charge in [-0.05, 0) is 12.8 Å². The molecule has 0 fully saturated rings. The molecule has 1 aliphatic heterocycles. The lowest BCUT2D eigenvalue weighted by Gasteiger charge is -2.28. The van der Waals surface area contributed by atoms with Gasteiger partial charge in [-0.25, -0.2) is 0 Å². The fourth-order valence-corrected chi connectivity index (χ4v) is 1.39. The molecule has 2 aliphatic rings. The van der Waals surface area contributed by atoms with Gasteiger partial charge in [0.2, 0.25) is 0 Å². The Morgan fingerprint density at radius 2 is 2.33 bits per heavy atom. The summed E-state index contributed by atoms with van der Waals surface area (Å²) in [7, 11) is 0. The Kier molecular flexibility index (Phi) is 0.850. The van der Waals surface area contributed by atoms with Crippen molar-refractivity contribution in [3.63, 3.8) is 0 Å². The fourth-order valence-electron chi connectivity index (χ4n) is 1.39. The van der Waals surface area contributed by atoms with Crippen LogP contribution in [0.3, 0.4) is 0 Å². The lowest BCUT2D eigenvalue weighted by Crippen LogP contribution is -2.24. The molecule has 0 aromatic rings. The number of nitrogens with zero attached hydrogens (tertiary/aromatic N) is 1. The van der Waals surface area contributed by atoms with Crippen LogP contribution in [0.15, 0.2) is 16.6 Å². The second-order valence-electron chi connectivity index (χ2n) is 3.03. The highest BCUT2D eigenvalue weighted by atomic mass is 14.9. The molecular weight excluding hydrogens is 110 g/mol. The Labute approximate surface area is 55.5 Å². The maximum Gasteiger partial charge on any atom is 0.0774 e. The molecule has 0 amide bonds. The third-order valence-electron chi connectivity index (χ3n) is 2.42. The van der Waals surface area contributed by atoms with E-state index in [4.69, 9.17) is 0 Å². The predicted octanol–water partition coefficient (Wildman–Crippen LogP) is 1.65. The molecule has 2 unspecified atom stereocenters. The van der Waals surface area contributed by atoms with Crippen LogP contribution in [0.1, 0.15) is 13.8 Å². The first-order chi connectivity index (χ1) is 4.29. The van der Waals surface area contributed by atoms with Crippen LogP contribution in [0.25, 0.3) is 0 Å². The molecule has 0 aromatic heterocycles. The van der Waals surface area contributed by atoms with Gasteiger partial charge in [-0.2, -0.15) is 0 Å². The molecule has 1 aliphatic carbocycles. The smallest absolute Gasteiger partial charge is 0.0774 e. The molecule has 0 radical (unpaired) electrons. The number of allylic oxidation sites excluding steroid dienone is 2. The van der Waals surface area contributed by atoms with Crippen molar-refractivity contribution in [1.29, 1.82) is 0 Å². The number of rotatable bonds is 1. The lowest BCUT2D eigenvalue weighted by atomic mass is 9.75. The van der Waals surface area contributed by atoms with Crippen LogP contribution in [-0.4, -0.2) is 12.3 Å². The first-order valence-electron chi connectivity index (χ1n) is 3.50. The van der Waals surface area contributed by atoms with Gasteiger partial charge in [-0.1, -0.05) is 18.6 Å². The standard InChI is InChI=1S/C8H11N/c1-5-3-7(6(5)2)8-4-9-8/h3,6-7H,4H2,1-2H3. The monoisotopic (exact) mass is 121 g/mol. The summed E-state index contributed by atoms with van der Waals surface area (Å²) in [5, 5.41) is 0. The van der Waals surface area contributed by atoms with Crippen molar-refractivity contribution < 1.29 is 0 Å². The highest BCUT2D eigenvalue weighted by molar-refractivity contribution is 6.01. The molecule has 9 heavy (non-hydrogen) atoms. The predicted molar refractivity (Wildman–Crippen MR) is 38.7 cm³/mol. The van der Waals surface area contributed by atoms with E-state index in [0.717, 1.165) is 18.4 Å². The van der Waals surface area contributed by atoms with Crippen LogP contribution >= 0.6 is 0 Å². The van der Waals surface area contributed by atoms with Crippen LogP contribution in [-0.2, 0) is 0 Å². The maximum atomic E-state index is 4.18. The summed E-state index contributed by atoms with van der Waals surface area (Å²) in [6, 6.07) is 0. The minimum absolute atomic E-state index is 0.727. The van der Waals surface area contributed by atoms with E-state index in [1.807, 2.05) is 0 Å². The zero-order chi connectivity index (χ0) is 6.43. The average Bonchev–Trinajstić information content (AvgIpc) is 2.63. The molecule has 1 heteroatoms. The van der Waals surface area contributed by atoms with E-state index in [1.54, 1.807) is 0 Å². The molecule has 0 bridgehead atoms. The molecule has 0 aromatic carbocycles. The molecule has 1 heterocycles. The molecule has 0 saturated heterocycles. The second kappa shape index (κ2) is 1.47. The van der Waals surface area contributed by atoms with Gasteiger partial charge in [0, 0.05) is 11.6 Å². The van der Waals surface area contributed by atoms with Crippen molar-refractivity contribution >= 4 is 5.71 Å². The summed E-state index contributed by atoms with van der Waals surface area (Å²) >= 11 is 0. The molecule has 1 nitrogen and oxygen atoms in total. The Morgan fingerprint density at radius 3 is 2.67 bits per heavy atom. The van der Waals surface area contributed by atoms with Crippen LogP contribution in [0.2, 0.25) is 0 Å². The first-order valence-corrected chi connectivity index (χ1v) is 3.50. The van der Waals surface area contributed by atoms with Crippen molar-refractivity contribution in [2.24, 2.45) is 16.8 Å². The van der Waals surface area contributed by atoms with Gasteiger partial charge in [0.05, 0.1) is 6.54 Å². The Hall–Kier alpha value is -0.590. The summed E-state index contributed by atoms with van der Waals surface area (Å²) in [6.45, 7) is 5.52. The third-order valence-corrected chi connectivity index (χ3v) is 2.42. The molecule has 0 spiro atoms. The molecule has 2 rings (SSSR count). The van der Waals surface area contributed by atoms with Gasteiger partial charge in [0.25, 0.3) is 0 Å². The third kappa shape index (κ3) is 0.640. The van der Waals surface area contributed by atoms with Crippen molar-refractivity contribution in [3.8, 4) is 0 Å². The quantitative estimate of drug-likeness (QED) is 0.468. The molecule has 0 N–H and O–H groups in total. The Bertz CT molecular complexity index is 201. The van der Waals surface area contributed by atoms with Crippen molar-refractivity contribution in [2.45, 2.75) is 13.8 Å². The zero-order valence-corrected chi connectivity index (χ0v) is 5.89. The number of aliphatic imine (C=N–C) groups is 1. The van der Waals surface area contributed by atoms with E-state index in [9.17, 15) is 0 Å². The van der Waals surface area contributed by atoms with E-state index in [0.29, 0.717) is 0 Å². The average molecular weight is 121 g/mol. The summed E-state index contributed by atoms with van der Waals surface area (Å²) in [5.41, 5.74) is 2.96. The van der Waals surface area contributed by atoms with E-state index in [-0.39, 0.29) is 0 Å². The lowest BCUT2D eigenvalue weighted by molar-refractivity contribution is 0.540.